The summed E-state index contributed by atoms with van der Waals surface area (Å²) in [6.07, 6.45) is 0. The van der Waals surface area contributed by atoms with E-state index >= 15 is 0 Å². The monoisotopic (exact) mass is 286 g/mol. The van der Waals surface area contributed by atoms with Crippen LogP contribution in [0.25, 0.3) is 0 Å². The second-order valence-electron chi connectivity index (χ2n) is 5.33. The molecule has 0 unspecified atom stereocenters. The van der Waals surface area contributed by atoms with E-state index in [2.05, 4.69) is 28.1 Å². The van der Waals surface area contributed by atoms with Crippen LogP contribution >= 0.6 is 0 Å². The highest BCUT2D eigenvalue weighted by molar-refractivity contribution is 5.94. The normalized spacial score (nSPS) is 18.0. The number of piperazine rings is 1. The van der Waals surface area contributed by atoms with Gasteiger partial charge in [0.2, 0.25) is 5.91 Å². The number of carbonyl (C=O) groups is 1. The Bertz CT molecular complexity index is 529. The third-order valence-electron chi connectivity index (χ3n) is 4.04. The summed E-state index contributed by atoms with van der Waals surface area (Å²) in [4.78, 5) is 16.9. The van der Waals surface area contributed by atoms with Crippen molar-refractivity contribution < 1.29 is 4.79 Å². The largest absolute Gasteiger partial charge is 0.325 e. The van der Waals surface area contributed by atoms with Gasteiger partial charge in [-0.2, -0.15) is 5.26 Å². The molecule has 1 aliphatic heterocycles. The minimum atomic E-state index is -0.158. The lowest BCUT2D eigenvalue weighted by Gasteiger charge is -2.36. The zero-order chi connectivity index (χ0) is 15.2. The topological polar surface area (TPSA) is 59.4 Å². The van der Waals surface area contributed by atoms with Crippen molar-refractivity contribution in [1.82, 2.24) is 9.80 Å². The predicted molar refractivity (Wildman–Crippen MR) is 82.9 cm³/mol. The van der Waals surface area contributed by atoms with Gasteiger partial charge in [0.25, 0.3) is 0 Å². The van der Waals surface area contributed by atoms with E-state index in [1.165, 1.54) is 0 Å². The van der Waals surface area contributed by atoms with E-state index < -0.39 is 0 Å². The van der Waals surface area contributed by atoms with Gasteiger partial charge in [0.1, 0.15) is 0 Å². The predicted octanol–water partition coefficient (Wildman–Crippen LogP) is 1.52. The highest BCUT2D eigenvalue weighted by atomic mass is 16.2. The van der Waals surface area contributed by atoms with Gasteiger partial charge in [0.15, 0.2) is 0 Å². The maximum atomic E-state index is 12.3. The number of amides is 1. The highest BCUT2D eigenvalue weighted by Crippen LogP contribution is 2.12. The lowest BCUT2D eigenvalue weighted by molar-refractivity contribution is -0.121. The standard InChI is InChI=1S/C16H22N4O/c1-3-19-7-9-20(10-8-19)13(2)16(21)18-15-6-4-5-14(11-15)12-17/h4-6,11,13H,3,7-10H2,1-2H3,(H,18,21)/t13-/m0/s1. The van der Waals surface area contributed by atoms with Crippen LogP contribution in [-0.4, -0.2) is 54.5 Å². The number of hydrogen-bond acceptors (Lipinski definition) is 4. The van der Waals surface area contributed by atoms with Crippen LogP contribution in [0, 0.1) is 11.3 Å². The molecule has 5 heteroatoms. The third kappa shape index (κ3) is 4.03. The van der Waals surface area contributed by atoms with Gasteiger partial charge >= 0.3 is 0 Å². The average Bonchev–Trinajstić information content (AvgIpc) is 2.54. The van der Waals surface area contributed by atoms with Crippen LogP contribution < -0.4 is 5.32 Å². The number of nitriles is 1. The first-order chi connectivity index (χ1) is 10.1. The molecule has 1 aromatic rings. The van der Waals surface area contributed by atoms with Crippen LogP contribution in [0.2, 0.25) is 0 Å². The molecule has 0 saturated carbocycles. The highest BCUT2D eigenvalue weighted by Gasteiger charge is 2.24. The Hall–Kier alpha value is -1.90. The average molecular weight is 286 g/mol. The molecule has 0 aromatic heterocycles. The first-order valence-corrected chi connectivity index (χ1v) is 7.41. The summed E-state index contributed by atoms with van der Waals surface area (Å²) in [5.74, 6) is -0.0185. The van der Waals surface area contributed by atoms with Gasteiger partial charge in [-0.05, 0) is 31.7 Å². The molecule has 1 aromatic carbocycles. The van der Waals surface area contributed by atoms with Crippen molar-refractivity contribution >= 4 is 11.6 Å². The lowest BCUT2D eigenvalue weighted by Crippen LogP contribution is -2.52. The quantitative estimate of drug-likeness (QED) is 0.912. The van der Waals surface area contributed by atoms with E-state index in [0.717, 1.165) is 32.7 Å². The molecule has 1 amide bonds. The number of nitrogens with zero attached hydrogens (tertiary/aromatic N) is 3. The van der Waals surface area contributed by atoms with E-state index in [-0.39, 0.29) is 11.9 Å². The molecule has 0 bridgehead atoms. The second-order valence-corrected chi connectivity index (χ2v) is 5.33. The fraction of sp³-hybridized carbons (Fsp3) is 0.500. The van der Waals surface area contributed by atoms with Crippen LogP contribution in [0.4, 0.5) is 5.69 Å². The Morgan fingerprint density at radius 1 is 1.38 bits per heavy atom. The summed E-state index contributed by atoms with van der Waals surface area (Å²) in [6, 6.07) is 8.92. The summed E-state index contributed by atoms with van der Waals surface area (Å²) < 4.78 is 0. The molecule has 112 valence electrons. The van der Waals surface area contributed by atoms with Crippen molar-refractivity contribution in [3.8, 4) is 6.07 Å². The maximum absolute atomic E-state index is 12.3. The van der Waals surface area contributed by atoms with Gasteiger partial charge in [0.05, 0.1) is 17.7 Å². The summed E-state index contributed by atoms with van der Waals surface area (Å²) in [6.45, 7) is 9.02. The van der Waals surface area contributed by atoms with Gasteiger partial charge in [0, 0.05) is 31.9 Å². The molecule has 1 fully saturated rings. The third-order valence-corrected chi connectivity index (χ3v) is 4.04. The van der Waals surface area contributed by atoms with Gasteiger partial charge in [-0.1, -0.05) is 13.0 Å². The maximum Gasteiger partial charge on any atom is 0.241 e. The summed E-state index contributed by atoms with van der Waals surface area (Å²) in [7, 11) is 0. The van der Waals surface area contributed by atoms with Crippen molar-refractivity contribution in [2.75, 3.05) is 38.0 Å². The molecule has 1 atom stereocenters. The molecule has 2 rings (SSSR count). The van der Waals surface area contributed by atoms with E-state index in [1.54, 1.807) is 24.3 Å². The van der Waals surface area contributed by atoms with Gasteiger partial charge in [-0.3, -0.25) is 9.69 Å². The van der Waals surface area contributed by atoms with E-state index in [0.29, 0.717) is 11.3 Å². The Kier molecular flexibility index (Phi) is 5.32. The molecule has 21 heavy (non-hydrogen) atoms. The Labute approximate surface area is 126 Å². The lowest BCUT2D eigenvalue weighted by atomic mass is 10.2. The molecule has 0 spiro atoms. The Morgan fingerprint density at radius 2 is 2.10 bits per heavy atom. The van der Waals surface area contributed by atoms with Gasteiger partial charge in [-0.15, -0.1) is 0 Å². The molecule has 1 aliphatic rings. The second kappa shape index (κ2) is 7.21. The number of benzene rings is 1. The minimum Gasteiger partial charge on any atom is -0.325 e. The molecule has 0 radical (unpaired) electrons. The van der Waals surface area contributed by atoms with Crippen molar-refractivity contribution in [3.63, 3.8) is 0 Å². The SMILES string of the molecule is CCN1CCN([C@@H](C)C(=O)Nc2cccc(C#N)c2)CC1. The fourth-order valence-corrected chi connectivity index (χ4v) is 2.55. The molecule has 1 heterocycles. The Morgan fingerprint density at radius 3 is 2.71 bits per heavy atom. The van der Waals surface area contributed by atoms with E-state index in [1.807, 2.05) is 6.92 Å². The van der Waals surface area contributed by atoms with Gasteiger partial charge < -0.3 is 10.2 Å². The number of hydrogen-bond donors (Lipinski definition) is 1. The van der Waals surface area contributed by atoms with Crippen molar-refractivity contribution in [3.05, 3.63) is 29.8 Å². The zero-order valence-electron chi connectivity index (χ0n) is 12.7. The molecule has 1 saturated heterocycles. The molecule has 5 nitrogen and oxygen atoms in total. The van der Waals surface area contributed by atoms with Crippen molar-refractivity contribution in [1.29, 1.82) is 5.26 Å². The molecule has 0 aliphatic carbocycles. The van der Waals surface area contributed by atoms with Crippen LogP contribution in [0.3, 0.4) is 0 Å². The molecule has 1 N–H and O–H groups in total. The zero-order valence-corrected chi connectivity index (χ0v) is 12.7. The summed E-state index contributed by atoms with van der Waals surface area (Å²) in [5.41, 5.74) is 1.23. The van der Waals surface area contributed by atoms with E-state index in [4.69, 9.17) is 5.26 Å². The smallest absolute Gasteiger partial charge is 0.241 e. The van der Waals surface area contributed by atoms with Gasteiger partial charge in [-0.25, -0.2) is 0 Å². The summed E-state index contributed by atoms with van der Waals surface area (Å²) in [5, 5.41) is 11.8. The van der Waals surface area contributed by atoms with E-state index in [9.17, 15) is 4.79 Å². The number of rotatable bonds is 4. The van der Waals surface area contributed by atoms with Crippen LogP contribution in [0.1, 0.15) is 19.4 Å². The van der Waals surface area contributed by atoms with Crippen molar-refractivity contribution in [2.24, 2.45) is 0 Å². The van der Waals surface area contributed by atoms with Crippen LogP contribution in [0.5, 0.6) is 0 Å². The number of nitrogens with one attached hydrogen (secondary N) is 1. The first-order valence-electron chi connectivity index (χ1n) is 7.41. The number of likely N-dealkylation sites (N-methyl/N-ethyl adjacent to an activating group) is 1. The Balaban J connectivity index is 1.92. The van der Waals surface area contributed by atoms with Crippen LogP contribution in [-0.2, 0) is 4.79 Å². The summed E-state index contributed by atoms with van der Waals surface area (Å²) >= 11 is 0. The fourth-order valence-electron chi connectivity index (χ4n) is 2.55. The minimum absolute atomic E-state index is 0.0185. The number of carbonyl (C=O) groups excluding carboxylic acids is 1. The number of anilines is 1. The molecular weight excluding hydrogens is 264 g/mol. The van der Waals surface area contributed by atoms with Crippen LogP contribution in [0.15, 0.2) is 24.3 Å². The molecular formula is C16H22N4O. The first kappa shape index (κ1) is 15.5. The van der Waals surface area contributed by atoms with Crippen molar-refractivity contribution in [2.45, 2.75) is 19.9 Å².